The topological polar surface area (TPSA) is 54.5 Å². The molecule has 0 bridgehead atoms. The highest BCUT2D eigenvalue weighted by molar-refractivity contribution is 5.93. The predicted octanol–water partition coefficient (Wildman–Crippen LogP) is 8.79. The van der Waals surface area contributed by atoms with Crippen molar-refractivity contribution >= 4 is 16.8 Å². The summed E-state index contributed by atoms with van der Waals surface area (Å²) in [4.78, 5) is 21.3. The summed E-state index contributed by atoms with van der Waals surface area (Å²) in [5, 5.41) is 4.21. The minimum absolute atomic E-state index is 0.0456. The van der Waals surface area contributed by atoms with E-state index in [2.05, 4.69) is 77.8 Å². The first-order valence-electron chi connectivity index (χ1n) is 16.4. The van der Waals surface area contributed by atoms with Crippen molar-refractivity contribution in [2.75, 3.05) is 13.2 Å². The fourth-order valence-electron chi connectivity index (χ4n) is 6.07. The molecule has 0 aliphatic heterocycles. The summed E-state index contributed by atoms with van der Waals surface area (Å²) in [6, 6.07) is 49.3. The number of fused-ring (bicyclic) bond motifs is 1. The van der Waals surface area contributed by atoms with E-state index in [0.717, 1.165) is 52.8 Å². The molecule has 0 aliphatic carbocycles. The van der Waals surface area contributed by atoms with Gasteiger partial charge in [0, 0.05) is 36.1 Å². The number of aromatic nitrogens is 1. The average molecular weight is 620 g/mol. The highest BCUT2D eigenvalue weighted by atomic mass is 16.5. The van der Waals surface area contributed by atoms with E-state index in [-0.39, 0.29) is 18.4 Å². The Labute approximate surface area is 277 Å². The predicted molar refractivity (Wildman–Crippen MR) is 191 cm³/mol. The Balaban J connectivity index is 1.32. The van der Waals surface area contributed by atoms with Gasteiger partial charge in [-0.05, 0) is 29.2 Å². The standard InChI is InChI=1S/C42H41N3O2/c1-2-38(34-21-11-5-12-22-34)43-40(46)29-37-36-25-15-16-26-39(36)44-41(35-23-13-6-14-24-35)42(37)47-28-27-45(30-32-17-7-3-8-18-32)31-33-19-9-4-10-20-33/h3-26,38H,2,27-31H2,1H3,(H,43,46)/t38-/m0/s1. The molecule has 5 aromatic carbocycles. The van der Waals surface area contributed by atoms with Gasteiger partial charge in [-0.15, -0.1) is 0 Å². The lowest BCUT2D eigenvalue weighted by Crippen LogP contribution is -2.30. The molecular formula is C42H41N3O2. The molecule has 236 valence electrons. The fourth-order valence-corrected chi connectivity index (χ4v) is 6.07. The molecule has 0 fully saturated rings. The van der Waals surface area contributed by atoms with Gasteiger partial charge in [0.1, 0.15) is 18.1 Å². The minimum Gasteiger partial charge on any atom is -0.490 e. The van der Waals surface area contributed by atoms with E-state index in [4.69, 9.17) is 9.72 Å². The van der Waals surface area contributed by atoms with Gasteiger partial charge in [0.15, 0.2) is 0 Å². The van der Waals surface area contributed by atoms with Gasteiger partial charge in [-0.2, -0.15) is 0 Å². The maximum Gasteiger partial charge on any atom is 0.225 e. The quantitative estimate of drug-likeness (QED) is 0.132. The maximum absolute atomic E-state index is 13.8. The van der Waals surface area contributed by atoms with Gasteiger partial charge in [0.05, 0.1) is 18.0 Å². The third kappa shape index (κ3) is 8.32. The maximum atomic E-state index is 13.8. The number of nitrogens with zero attached hydrogens (tertiary/aromatic N) is 2. The number of benzene rings is 5. The molecule has 1 atom stereocenters. The van der Waals surface area contributed by atoms with Crippen LogP contribution >= 0.6 is 0 Å². The Morgan fingerprint density at radius 2 is 1.28 bits per heavy atom. The van der Waals surface area contributed by atoms with E-state index in [1.165, 1.54) is 11.1 Å². The lowest BCUT2D eigenvalue weighted by atomic mass is 9.99. The Kier molecular flexibility index (Phi) is 10.7. The van der Waals surface area contributed by atoms with Gasteiger partial charge < -0.3 is 10.1 Å². The summed E-state index contributed by atoms with van der Waals surface area (Å²) in [5.74, 6) is 0.618. The van der Waals surface area contributed by atoms with Crippen molar-refractivity contribution in [1.82, 2.24) is 15.2 Å². The van der Waals surface area contributed by atoms with Gasteiger partial charge in [0.25, 0.3) is 0 Å². The first-order valence-corrected chi connectivity index (χ1v) is 16.4. The van der Waals surface area contributed by atoms with Gasteiger partial charge in [-0.1, -0.05) is 146 Å². The molecule has 1 aromatic heterocycles. The molecule has 5 heteroatoms. The molecule has 0 saturated heterocycles. The van der Waals surface area contributed by atoms with Crippen LogP contribution in [0.4, 0.5) is 0 Å². The van der Waals surface area contributed by atoms with E-state index >= 15 is 0 Å². The highest BCUT2D eigenvalue weighted by Gasteiger charge is 2.22. The third-order valence-electron chi connectivity index (χ3n) is 8.43. The lowest BCUT2D eigenvalue weighted by molar-refractivity contribution is -0.121. The summed E-state index contributed by atoms with van der Waals surface area (Å²) in [6.45, 7) is 4.83. The largest absolute Gasteiger partial charge is 0.490 e. The van der Waals surface area contributed by atoms with Crippen molar-refractivity contribution in [3.05, 3.63) is 168 Å². The van der Waals surface area contributed by atoms with Gasteiger partial charge in [0.2, 0.25) is 5.91 Å². The van der Waals surface area contributed by atoms with Crippen molar-refractivity contribution in [3.63, 3.8) is 0 Å². The zero-order valence-corrected chi connectivity index (χ0v) is 26.9. The summed E-state index contributed by atoms with van der Waals surface area (Å²) in [5.41, 5.74) is 7.00. The zero-order chi connectivity index (χ0) is 32.3. The van der Waals surface area contributed by atoms with Gasteiger partial charge >= 0.3 is 0 Å². The molecule has 0 unspecified atom stereocenters. The molecule has 0 spiro atoms. The van der Waals surface area contributed by atoms with Crippen LogP contribution in [-0.4, -0.2) is 28.9 Å². The molecule has 1 amide bonds. The van der Waals surface area contributed by atoms with Crippen molar-refractivity contribution in [2.24, 2.45) is 0 Å². The van der Waals surface area contributed by atoms with Crippen LogP contribution < -0.4 is 10.1 Å². The molecule has 47 heavy (non-hydrogen) atoms. The summed E-state index contributed by atoms with van der Waals surface area (Å²) in [6.07, 6.45) is 0.976. The smallest absolute Gasteiger partial charge is 0.225 e. The van der Waals surface area contributed by atoms with Crippen LogP contribution in [-0.2, 0) is 24.3 Å². The molecule has 0 aliphatic rings. The number of hydrogen-bond acceptors (Lipinski definition) is 4. The van der Waals surface area contributed by atoms with Crippen molar-refractivity contribution < 1.29 is 9.53 Å². The van der Waals surface area contributed by atoms with E-state index < -0.39 is 0 Å². The SMILES string of the molecule is CC[C@H](NC(=O)Cc1c(OCCN(Cc2ccccc2)Cc2ccccc2)c(-c2ccccc2)nc2ccccc12)c1ccccc1. The number of carbonyl (C=O) groups is 1. The second-order valence-electron chi connectivity index (χ2n) is 11.8. The molecule has 1 heterocycles. The Morgan fingerprint density at radius 1 is 0.723 bits per heavy atom. The minimum atomic E-state index is -0.0701. The highest BCUT2D eigenvalue weighted by Crippen LogP contribution is 2.37. The van der Waals surface area contributed by atoms with Crippen LogP contribution in [0.25, 0.3) is 22.2 Å². The third-order valence-corrected chi connectivity index (χ3v) is 8.43. The first-order chi connectivity index (χ1) is 23.2. The molecule has 5 nitrogen and oxygen atoms in total. The van der Waals surface area contributed by atoms with Crippen LogP contribution in [0.15, 0.2) is 146 Å². The number of pyridine rings is 1. The average Bonchev–Trinajstić information content (AvgIpc) is 3.12. The Hall–Kier alpha value is -5.26. The molecule has 6 aromatic rings. The molecule has 6 rings (SSSR count). The second-order valence-corrected chi connectivity index (χ2v) is 11.8. The molecular weight excluding hydrogens is 578 g/mol. The zero-order valence-electron chi connectivity index (χ0n) is 26.9. The molecule has 0 saturated carbocycles. The van der Waals surface area contributed by atoms with Crippen LogP contribution in [0, 0.1) is 0 Å². The van der Waals surface area contributed by atoms with E-state index in [9.17, 15) is 4.79 Å². The van der Waals surface area contributed by atoms with Crippen LogP contribution in [0.3, 0.4) is 0 Å². The van der Waals surface area contributed by atoms with E-state index in [1.807, 2.05) is 84.9 Å². The molecule has 0 radical (unpaired) electrons. The van der Waals surface area contributed by atoms with Gasteiger partial charge in [-0.3, -0.25) is 9.69 Å². The number of carbonyl (C=O) groups excluding carboxylic acids is 1. The van der Waals surface area contributed by atoms with Crippen LogP contribution in [0.2, 0.25) is 0 Å². The van der Waals surface area contributed by atoms with Crippen molar-refractivity contribution in [2.45, 2.75) is 38.9 Å². The number of rotatable bonds is 14. The summed E-state index contributed by atoms with van der Waals surface area (Å²) >= 11 is 0. The molecule has 1 N–H and O–H groups in total. The number of amides is 1. The number of nitrogens with one attached hydrogen (secondary N) is 1. The fraction of sp³-hybridized carbons (Fsp3) is 0.190. The van der Waals surface area contributed by atoms with Crippen molar-refractivity contribution in [3.8, 4) is 17.0 Å². The number of hydrogen-bond donors (Lipinski definition) is 1. The Morgan fingerprint density at radius 3 is 1.89 bits per heavy atom. The van der Waals surface area contributed by atoms with E-state index in [1.54, 1.807) is 0 Å². The van der Waals surface area contributed by atoms with E-state index in [0.29, 0.717) is 18.9 Å². The number of ether oxygens (including phenoxy) is 1. The first kappa shape index (κ1) is 31.7. The number of para-hydroxylation sites is 1. The normalized spacial score (nSPS) is 11.8. The van der Waals surface area contributed by atoms with Gasteiger partial charge in [-0.25, -0.2) is 4.98 Å². The Bertz CT molecular complexity index is 1820. The summed E-state index contributed by atoms with van der Waals surface area (Å²) in [7, 11) is 0. The van der Waals surface area contributed by atoms with Crippen molar-refractivity contribution in [1.29, 1.82) is 0 Å². The second kappa shape index (κ2) is 15.8. The van der Waals surface area contributed by atoms with Crippen LogP contribution in [0.5, 0.6) is 5.75 Å². The lowest BCUT2D eigenvalue weighted by Gasteiger charge is -2.24. The monoisotopic (exact) mass is 619 g/mol. The summed E-state index contributed by atoms with van der Waals surface area (Å²) < 4.78 is 6.77. The van der Waals surface area contributed by atoms with Crippen LogP contribution in [0.1, 0.15) is 41.6 Å².